The summed E-state index contributed by atoms with van der Waals surface area (Å²) in [5.74, 6) is 1.57. The maximum atomic E-state index is 12.1. The second kappa shape index (κ2) is 9.38. The second-order valence-corrected chi connectivity index (χ2v) is 7.08. The highest BCUT2D eigenvalue weighted by atomic mass is 16.5. The third-order valence-corrected chi connectivity index (χ3v) is 4.04. The second-order valence-electron chi connectivity index (χ2n) is 7.08. The predicted octanol–water partition coefficient (Wildman–Crippen LogP) is 3.48. The van der Waals surface area contributed by atoms with Crippen molar-refractivity contribution < 1.29 is 13.9 Å². The lowest BCUT2D eigenvalue weighted by Gasteiger charge is -2.25. The first-order valence-electron chi connectivity index (χ1n) is 8.98. The number of benzene rings is 1. The van der Waals surface area contributed by atoms with Crippen LogP contribution in [-0.4, -0.2) is 35.5 Å². The van der Waals surface area contributed by atoms with Gasteiger partial charge in [0.25, 0.3) is 5.91 Å². The summed E-state index contributed by atoms with van der Waals surface area (Å²) in [6, 6.07) is 8.30. The topological polar surface area (TPSA) is 67.6 Å². The molecule has 0 atom stereocenters. The third-order valence-electron chi connectivity index (χ3n) is 4.04. The molecule has 1 aromatic heterocycles. The summed E-state index contributed by atoms with van der Waals surface area (Å²) in [5.41, 5.74) is 1.48. The van der Waals surface area contributed by atoms with Crippen LogP contribution in [0.25, 0.3) is 0 Å². The van der Waals surface area contributed by atoms with E-state index in [9.17, 15) is 4.79 Å². The number of hydrogen-bond donors (Lipinski definition) is 1. The molecule has 1 amide bonds. The van der Waals surface area contributed by atoms with Gasteiger partial charge in [0, 0.05) is 19.1 Å². The van der Waals surface area contributed by atoms with Crippen LogP contribution in [0.3, 0.4) is 0 Å². The number of aromatic nitrogens is 1. The average Bonchev–Trinajstić information content (AvgIpc) is 3.08. The summed E-state index contributed by atoms with van der Waals surface area (Å²) >= 11 is 0. The lowest BCUT2D eigenvalue weighted by Crippen LogP contribution is -2.30. The molecule has 1 aromatic carbocycles. The van der Waals surface area contributed by atoms with Crippen molar-refractivity contribution in [1.82, 2.24) is 15.2 Å². The van der Waals surface area contributed by atoms with Crippen LogP contribution in [0, 0.1) is 5.92 Å². The van der Waals surface area contributed by atoms with Gasteiger partial charge in [-0.2, -0.15) is 0 Å². The Balaban J connectivity index is 2.02. The van der Waals surface area contributed by atoms with Crippen LogP contribution in [0.5, 0.6) is 5.75 Å². The maximum Gasteiger partial charge on any atom is 0.273 e. The lowest BCUT2D eigenvalue weighted by atomic mass is 10.2. The minimum absolute atomic E-state index is 0.197. The van der Waals surface area contributed by atoms with E-state index in [0.29, 0.717) is 36.6 Å². The minimum Gasteiger partial charge on any atom is -0.497 e. The molecule has 0 spiro atoms. The van der Waals surface area contributed by atoms with E-state index in [-0.39, 0.29) is 5.91 Å². The zero-order valence-electron chi connectivity index (χ0n) is 16.3. The zero-order valence-corrected chi connectivity index (χ0v) is 16.3. The van der Waals surface area contributed by atoms with Crippen LogP contribution in [0.2, 0.25) is 0 Å². The summed E-state index contributed by atoms with van der Waals surface area (Å²) in [6.45, 7) is 10.2. The predicted molar refractivity (Wildman–Crippen MR) is 101 cm³/mol. The van der Waals surface area contributed by atoms with Crippen molar-refractivity contribution in [2.45, 2.75) is 46.8 Å². The highest BCUT2D eigenvalue weighted by Crippen LogP contribution is 2.17. The summed E-state index contributed by atoms with van der Waals surface area (Å²) in [4.78, 5) is 18.7. The molecule has 6 heteroatoms. The summed E-state index contributed by atoms with van der Waals surface area (Å²) in [6.07, 6.45) is 1.43. The Morgan fingerprint density at radius 3 is 2.69 bits per heavy atom. The maximum absolute atomic E-state index is 12.1. The molecular formula is C20H29N3O3. The monoisotopic (exact) mass is 359 g/mol. The van der Waals surface area contributed by atoms with E-state index < -0.39 is 0 Å². The highest BCUT2D eigenvalue weighted by molar-refractivity contribution is 5.91. The number of methoxy groups -OCH3 is 1. The van der Waals surface area contributed by atoms with Crippen molar-refractivity contribution in [2.24, 2.45) is 5.92 Å². The van der Waals surface area contributed by atoms with Gasteiger partial charge in [-0.3, -0.25) is 9.69 Å². The molecule has 0 bridgehead atoms. The molecule has 1 heterocycles. The number of amides is 1. The molecule has 0 fully saturated rings. The molecule has 0 unspecified atom stereocenters. The number of oxazole rings is 1. The smallest absolute Gasteiger partial charge is 0.273 e. The van der Waals surface area contributed by atoms with Crippen LogP contribution in [0.4, 0.5) is 0 Å². The molecule has 0 saturated carbocycles. The summed E-state index contributed by atoms with van der Waals surface area (Å²) in [7, 11) is 1.66. The van der Waals surface area contributed by atoms with Gasteiger partial charge in [-0.25, -0.2) is 4.98 Å². The Labute approximate surface area is 155 Å². The van der Waals surface area contributed by atoms with E-state index in [4.69, 9.17) is 9.15 Å². The molecule has 1 N–H and O–H groups in total. The van der Waals surface area contributed by atoms with Gasteiger partial charge in [0.2, 0.25) is 5.89 Å². The average molecular weight is 359 g/mol. The Morgan fingerprint density at radius 1 is 1.27 bits per heavy atom. The van der Waals surface area contributed by atoms with Gasteiger partial charge in [0.05, 0.1) is 13.7 Å². The summed E-state index contributed by atoms with van der Waals surface area (Å²) < 4.78 is 10.8. The molecule has 2 aromatic rings. The van der Waals surface area contributed by atoms with Crippen molar-refractivity contribution in [3.8, 4) is 5.75 Å². The molecule has 0 aliphatic rings. The van der Waals surface area contributed by atoms with Crippen LogP contribution in [0.15, 0.2) is 34.9 Å². The van der Waals surface area contributed by atoms with Gasteiger partial charge in [-0.1, -0.05) is 26.0 Å². The van der Waals surface area contributed by atoms with Crippen LogP contribution >= 0.6 is 0 Å². The highest BCUT2D eigenvalue weighted by Gasteiger charge is 2.17. The molecule has 2 rings (SSSR count). The lowest BCUT2D eigenvalue weighted by molar-refractivity contribution is 0.0944. The zero-order chi connectivity index (χ0) is 19.1. The number of ether oxygens (including phenoxy) is 1. The van der Waals surface area contributed by atoms with Crippen molar-refractivity contribution >= 4 is 5.91 Å². The fraction of sp³-hybridized carbons (Fsp3) is 0.500. The largest absolute Gasteiger partial charge is 0.497 e. The van der Waals surface area contributed by atoms with E-state index in [2.05, 4.69) is 35.1 Å². The van der Waals surface area contributed by atoms with Crippen molar-refractivity contribution in [3.05, 3.63) is 47.7 Å². The first-order chi connectivity index (χ1) is 12.4. The van der Waals surface area contributed by atoms with Gasteiger partial charge in [-0.05, 0) is 37.5 Å². The van der Waals surface area contributed by atoms with E-state index in [1.165, 1.54) is 6.26 Å². The van der Waals surface area contributed by atoms with E-state index in [1.807, 2.05) is 32.0 Å². The van der Waals surface area contributed by atoms with Gasteiger partial charge in [-0.15, -0.1) is 0 Å². The van der Waals surface area contributed by atoms with Gasteiger partial charge in [0.1, 0.15) is 12.0 Å². The minimum atomic E-state index is -0.197. The molecule has 6 nitrogen and oxygen atoms in total. The third kappa shape index (κ3) is 5.88. The van der Waals surface area contributed by atoms with Crippen molar-refractivity contribution in [2.75, 3.05) is 13.7 Å². The van der Waals surface area contributed by atoms with E-state index in [1.54, 1.807) is 7.11 Å². The molecule has 0 saturated heterocycles. The molecule has 0 aliphatic heterocycles. The van der Waals surface area contributed by atoms with Gasteiger partial charge in [0.15, 0.2) is 5.69 Å². The Kier molecular flexibility index (Phi) is 7.21. The van der Waals surface area contributed by atoms with E-state index in [0.717, 1.165) is 17.9 Å². The van der Waals surface area contributed by atoms with Crippen LogP contribution in [-0.2, 0) is 13.1 Å². The first-order valence-corrected chi connectivity index (χ1v) is 8.98. The van der Waals surface area contributed by atoms with Crippen LogP contribution in [0.1, 0.15) is 49.6 Å². The fourth-order valence-corrected chi connectivity index (χ4v) is 2.48. The number of nitrogens with zero attached hydrogens (tertiary/aromatic N) is 2. The molecule has 142 valence electrons. The number of rotatable bonds is 9. The Bertz CT molecular complexity index is 710. The van der Waals surface area contributed by atoms with Crippen molar-refractivity contribution in [1.29, 1.82) is 0 Å². The molecule has 0 radical (unpaired) electrons. The van der Waals surface area contributed by atoms with Crippen molar-refractivity contribution in [3.63, 3.8) is 0 Å². The SMILES string of the molecule is COc1cccc(CN(Cc2nc(C(=O)NCC(C)C)co2)C(C)C)c1. The van der Waals surface area contributed by atoms with Gasteiger partial charge >= 0.3 is 0 Å². The standard InChI is InChI=1S/C20H29N3O3/c1-14(2)10-21-20(24)18-13-26-19(22-18)12-23(15(3)4)11-16-7-6-8-17(9-16)25-5/h6-9,13-15H,10-12H2,1-5H3,(H,21,24). The number of carbonyl (C=O) groups is 1. The van der Waals surface area contributed by atoms with E-state index >= 15 is 0 Å². The number of carbonyl (C=O) groups excluding carboxylic acids is 1. The Hall–Kier alpha value is -2.34. The molecular weight excluding hydrogens is 330 g/mol. The summed E-state index contributed by atoms with van der Waals surface area (Å²) in [5, 5.41) is 2.85. The first kappa shape index (κ1) is 20.0. The van der Waals surface area contributed by atoms with Crippen LogP contribution < -0.4 is 10.1 Å². The fourth-order valence-electron chi connectivity index (χ4n) is 2.48. The number of hydrogen-bond acceptors (Lipinski definition) is 5. The normalized spacial score (nSPS) is 11.4. The quantitative estimate of drug-likeness (QED) is 0.742. The Morgan fingerprint density at radius 2 is 2.04 bits per heavy atom. The molecule has 26 heavy (non-hydrogen) atoms. The number of nitrogens with one attached hydrogen (secondary N) is 1. The van der Waals surface area contributed by atoms with Gasteiger partial charge < -0.3 is 14.5 Å². The molecule has 0 aliphatic carbocycles.